The van der Waals surface area contributed by atoms with Crippen molar-refractivity contribution in [3.05, 3.63) is 182 Å². The zero-order valence-electron chi connectivity index (χ0n) is 26.7. The molecule has 1 heteroatoms. The summed E-state index contributed by atoms with van der Waals surface area (Å²) in [5.41, 5.74) is 11.6. The first-order chi connectivity index (χ1) is 24.3. The van der Waals surface area contributed by atoms with E-state index in [0.717, 1.165) is 27.5 Å². The van der Waals surface area contributed by atoms with E-state index in [2.05, 4.69) is 170 Å². The highest BCUT2D eigenvalue weighted by Crippen LogP contribution is 2.49. The van der Waals surface area contributed by atoms with E-state index in [1.54, 1.807) is 0 Å². The van der Waals surface area contributed by atoms with Gasteiger partial charge in [-0.2, -0.15) is 0 Å². The lowest BCUT2D eigenvalue weighted by molar-refractivity contribution is 0.669. The molecular formula is C48H30O. The van der Waals surface area contributed by atoms with Crippen LogP contribution in [-0.2, 0) is 0 Å². The number of rotatable bonds is 4. The van der Waals surface area contributed by atoms with Gasteiger partial charge < -0.3 is 4.42 Å². The van der Waals surface area contributed by atoms with Gasteiger partial charge in [0, 0.05) is 10.8 Å². The van der Waals surface area contributed by atoms with Crippen LogP contribution in [0.1, 0.15) is 0 Å². The molecule has 228 valence electrons. The predicted octanol–water partition coefficient (Wildman–Crippen LogP) is 13.7. The maximum atomic E-state index is 6.39. The Hall–Kier alpha value is -6.44. The number of fused-ring (bicyclic) bond motifs is 6. The van der Waals surface area contributed by atoms with Gasteiger partial charge in [0.15, 0.2) is 0 Å². The number of furan rings is 1. The Bertz CT molecular complexity index is 2820. The van der Waals surface area contributed by atoms with Gasteiger partial charge in [-0.15, -0.1) is 0 Å². The number of hydrogen-bond donors (Lipinski definition) is 0. The first kappa shape index (κ1) is 27.7. The van der Waals surface area contributed by atoms with Crippen LogP contribution in [0, 0.1) is 0 Å². The van der Waals surface area contributed by atoms with E-state index in [0.29, 0.717) is 0 Å². The molecule has 10 rings (SSSR count). The molecule has 49 heavy (non-hydrogen) atoms. The molecule has 0 spiro atoms. The second kappa shape index (κ2) is 11.1. The quantitative estimate of drug-likeness (QED) is 0.178. The Balaban J connectivity index is 1.30. The Morgan fingerprint density at radius 3 is 1.59 bits per heavy atom. The normalized spacial score (nSPS) is 11.7. The molecule has 0 saturated carbocycles. The zero-order valence-corrected chi connectivity index (χ0v) is 26.7. The number of para-hydroxylation sites is 1. The Labute approximate surface area is 284 Å². The van der Waals surface area contributed by atoms with E-state index >= 15 is 0 Å². The van der Waals surface area contributed by atoms with Gasteiger partial charge in [-0.05, 0) is 101 Å². The summed E-state index contributed by atoms with van der Waals surface area (Å²) in [5, 5.41) is 9.68. The summed E-state index contributed by atoms with van der Waals surface area (Å²) < 4.78 is 6.39. The maximum Gasteiger partial charge on any atom is 0.136 e. The van der Waals surface area contributed by atoms with Crippen LogP contribution < -0.4 is 0 Å². The van der Waals surface area contributed by atoms with Gasteiger partial charge >= 0.3 is 0 Å². The van der Waals surface area contributed by atoms with Gasteiger partial charge in [0.2, 0.25) is 0 Å². The molecule has 0 atom stereocenters. The van der Waals surface area contributed by atoms with Gasteiger partial charge in [-0.3, -0.25) is 0 Å². The van der Waals surface area contributed by atoms with Crippen molar-refractivity contribution >= 4 is 54.3 Å². The first-order valence-electron chi connectivity index (χ1n) is 16.8. The molecule has 0 aliphatic heterocycles. The van der Waals surface area contributed by atoms with Crippen molar-refractivity contribution in [1.82, 2.24) is 0 Å². The fraction of sp³-hybridized carbons (Fsp3) is 0. The fourth-order valence-corrected chi connectivity index (χ4v) is 7.87. The molecule has 0 N–H and O–H groups in total. The summed E-state index contributed by atoms with van der Waals surface area (Å²) in [6.07, 6.45) is 0. The molecule has 0 saturated heterocycles. The first-order valence-corrected chi connectivity index (χ1v) is 16.8. The Morgan fingerprint density at radius 2 is 0.837 bits per heavy atom. The molecule has 0 bridgehead atoms. The average molecular weight is 623 g/mol. The number of hydrogen-bond acceptors (Lipinski definition) is 1. The van der Waals surface area contributed by atoms with Gasteiger partial charge in [-0.1, -0.05) is 158 Å². The maximum absolute atomic E-state index is 6.39. The minimum atomic E-state index is 0.908. The third kappa shape index (κ3) is 4.40. The van der Waals surface area contributed by atoms with Gasteiger partial charge in [0.05, 0.1) is 0 Å². The van der Waals surface area contributed by atoms with Crippen LogP contribution in [0.4, 0.5) is 0 Å². The molecule has 9 aromatic carbocycles. The van der Waals surface area contributed by atoms with E-state index < -0.39 is 0 Å². The smallest absolute Gasteiger partial charge is 0.136 e. The van der Waals surface area contributed by atoms with Crippen LogP contribution in [0.15, 0.2) is 186 Å². The summed E-state index contributed by atoms with van der Waals surface area (Å²) in [4.78, 5) is 0. The van der Waals surface area contributed by atoms with E-state index in [9.17, 15) is 0 Å². The third-order valence-corrected chi connectivity index (χ3v) is 10.1. The van der Waals surface area contributed by atoms with Crippen LogP contribution in [0.5, 0.6) is 0 Å². The number of benzene rings is 9. The molecule has 1 heterocycles. The fourth-order valence-electron chi connectivity index (χ4n) is 7.87. The van der Waals surface area contributed by atoms with Crippen molar-refractivity contribution in [1.29, 1.82) is 0 Å². The minimum absolute atomic E-state index is 0.908. The van der Waals surface area contributed by atoms with E-state index in [4.69, 9.17) is 4.42 Å². The summed E-state index contributed by atoms with van der Waals surface area (Å²) in [5.74, 6) is 0. The molecule has 0 aliphatic rings. The topological polar surface area (TPSA) is 13.1 Å². The highest BCUT2D eigenvalue weighted by Gasteiger charge is 2.21. The Morgan fingerprint density at radius 1 is 0.265 bits per heavy atom. The largest absolute Gasteiger partial charge is 0.456 e. The SMILES string of the molecule is c1ccc(-c2cccc(-c3ccc4ccccc4c3-c3c4ccccc4c(-c4ccc5c(c4)oc4ccccc45)c4ccccc34)c2)cc1. The van der Waals surface area contributed by atoms with Gasteiger partial charge in [0.25, 0.3) is 0 Å². The molecule has 0 radical (unpaired) electrons. The highest BCUT2D eigenvalue weighted by atomic mass is 16.3. The van der Waals surface area contributed by atoms with Crippen LogP contribution in [0.25, 0.3) is 98.8 Å². The monoisotopic (exact) mass is 622 g/mol. The molecule has 0 aliphatic carbocycles. The van der Waals surface area contributed by atoms with Crippen LogP contribution in [0.3, 0.4) is 0 Å². The second-order valence-electron chi connectivity index (χ2n) is 12.8. The van der Waals surface area contributed by atoms with Crippen molar-refractivity contribution < 1.29 is 4.42 Å². The average Bonchev–Trinajstić information content (AvgIpc) is 3.55. The van der Waals surface area contributed by atoms with Crippen LogP contribution in [0.2, 0.25) is 0 Å². The Kier molecular flexibility index (Phi) is 6.25. The second-order valence-corrected chi connectivity index (χ2v) is 12.8. The lowest BCUT2D eigenvalue weighted by atomic mass is 9.81. The van der Waals surface area contributed by atoms with E-state index in [1.165, 1.54) is 71.3 Å². The molecule has 1 nitrogen and oxygen atoms in total. The summed E-state index contributed by atoms with van der Waals surface area (Å²) >= 11 is 0. The summed E-state index contributed by atoms with van der Waals surface area (Å²) in [6, 6.07) is 65.9. The lowest BCUT2D eigenvalue weighted by Crippen LogP contribution is -1.94. The van der Waals surface area contributed by atoms with Crippen molar-refractivity contribution in [2.45, 2.75) is 0 Å². The van der Waals surface area contributed by atoms with E-state index in [-0.39, 0.29) is 0 Å². The van der Waals surface area contributed by atoms with Crippen molar-refractivity contribution in [3.63, 3.8) is 0 Å². The molecule has 10 aromatic rings. The molecule has 1 aromatic heterocycles. The minimum Gasteiger partial charge on any atom is -0.456 e. The van der Waals surface area contributed by atoms with Crippen LogP contribution in [-0.4, -0.2) is 0 Å². The molecule has 0 unspecified atom stereocenters. The molecule has 0 amide bonds. The van der Waals surface area contributed by atoms with Crippen molar-refractivity contribution in [3.8, 4) is 44.5 Å². The third-order valence-electron chi connectivity index (χ3n) is 10.1. The molecular weight excluding hydrogens is 593 g/mol. The standard InChI is InChI=1S/C48H30O/c1-2-13-31(14-3-1)33-16-12-17-34(29-33)37-27-25-32-15-4-5-18-36(32)47(37)48-42-22-8-6-20-40(42)46(41-21-7-9-23-43(41)48)35-26-28-39-38-19-10-11-24-44(38)49-45(39)30-35/h1-30H. The van der Waals surface area contributed by atoms with Crippen molar-refractivity contribution in [2.24, 2.45) is 0 Å². The molecule has 0 fully saturated rings. The van der Waals surface area contributed by atoms with E-state index in [1.807, 2.05) is 12.1 Å². The van der Waals surface area contributed by atoms with Crippen molar-refractivity contribution in [2.75, 3.05) is 0 Å². The van der Waals surface area contributed by atoms with Gasteiger partial charge in [0.1, 0.15) is 11.2 Å². The predicted molar refractivity (Wildman–Crippen MR) is 208 cm³/mol. The lowest BCUT2D eigenvalue weighted by Gasteiger charge is -2.21. The van der Waals surface area contributed by atoms with Crippen LogP contribution >= 0.6 is 0 Å². The van der Waals surface area contributed by atoms with Gasteiger partial charge in [-0.25, -0.2) is 0 Å². The highest BCUT2D eigenvalue weighted by molar-refractivity contribution is 6.25. The summed E-state index contributed by atoms with van der Waals surface area (Å²) in [7, 11) is 0. The zero-order chi connectivity index (χ0) is 32.3. The summed E-state index contributed by atoms with van der Waals surface area (Å²) in [6.45, 7) is 0.